The van der Waals surface area contributed by atoms with Crippen molar-refractivity contribution in [1.82, 2.24) is 20.4 Å². The van der Waals surface area contributed by atoms with E-state index in [0.29, 0.717) is 18.7 Å². The van der Waals surface area contributed by atoms with Crippen molar-refractivity contribution in [3.05, 3.63) is 17.0 Å². The predicted molar refractivity (Wildman–Crippen MR) is 82.5 cm³/mol. The highest BCUT2D eigenvalue weighted by Crippen LogP contribution is 2.11. The van der Waals surface area contributed by atoms with E-state index in [1.54, 1.807) is 16.4 Å². The zero-order valence-electron chi connectivity index (χ0n) is 12.8. The fraction of sp³-hybridized carbons (Fsp3) is 0.615. The van der Waals surface area contributed by atoms with Crippen LogP contribution in [0.15, 0.2) is 0 Å². The molecule has 0 aliphatic carbocycles. The lowest BCUT2D eigenvalue weighted by Gasteiger charge is -2.14. The van der Waals surface area contributed by atoms with Gasteiger partial charge in [0.05, 0.1) is 5.69 Å². The molecule has 0 spiro atoms. The molecule has 0 saturated heterocycles. The van der Waals surface area contributed by atoms with E-state index in [-0.39, 0.29) is 0 Å². The second-order valence-electron chi connectivity index (χ2n) is 4.77. The molecule has 1 heterocycles. The van der Waals surface area contributed by atoms with E-state index in [2.05, 4.69) is 15.7 Å². The van der Waals surface area contributed by atoms with E-state index >= 15 is 0 Å². The van der Waals surface area contributed by atoms with Crippen LogP contribution in [-0.4, -0.2) is 44.9 Å². The van der Waals surface area contributed by atoms with Crippen LogP contribution >= 0.6 is 11.8 Å². The minimum atomic E-state index is -1.02. The second kappa shape index (κ2) is 7.92. The molecular weight excluding hydrogens is 292 g/mol. The van der Waals surface area contributed by atoms with Crippen LogP contribution in [-0.2, 0) is 18.4 Å². The van der Waals surface area contributed by atoms with Gasteiger partial charge in [-0.15, -0.1) is 0 Å². The number of aromatic nitrogens is 2. The third kappa shape index (κ3) is 4.96. The van der Waals surface area contributed by atoms with Gasteiger partial charge in [-0.1, -0.05) is 0 Å². The fourth-order valence-electron chi connectivity index (χ4n) is 1.94. The minimum Gasteiger partial charge on any atom is -0.480 e. The van der Waals surface area contributed by atoms with Crippen molar-refractivity contribution >= 4 is 23.8 Å². The summed E-state index contributed by atoms with van der Waals surface area (Å²) in [5, 5.41) is 18.5. The number of nitrogens with one attached hydrogen (secondary N) is 2. The van der Waals surface area contributed by atoms with E-state index in [0.717, 1.165) is 17.0 Å². The van der Waals surface area contributed by atoms with E-state index in [1.807, 2.05) is 27.2 Å². The third-order valence-electron chi connectivity index (χ3n) is 3.30. The van der Waals surface area contributed by atoms with Crippen LogP contribution in [0.5, 0.6) is 0 Å². The standard InChI is InChI=1S/C13H22N4O3S/c1-8-10(9(2)17(3)16-8)7-14-13(20)15-11(12(18)19)5-6-21-4/h11H,5-7H2,1-4H3,(H,18,19)(H2,14,15,20)/t11-/m0/s1. The van der Waals surface area contributed by atoms with Crippen molar-refractivity contribution in [3.8, 4) is 0 Å². The Hall–Kier alpha value is -1.70. The molecule has 1 aromatic rings. The number of hydrogen-bond donors (Lipinski definition) is 3. The van der Waals surface area contributed by atoms with Crippen molar-refractivity contribution in [2.75, 3.05) is 12.0 Å². The molecule has 0 radical (unpaired) electrons. The molecule has 0 saturated carbocycles. The maximum absolute atomic E-state index is 11.8. The number of rotatable bonds is 7. The van der Waals surface area contributed by atoms with Crippen LogP contribution in [0.3, 0.4) is 0 Å². The van der Waals surface area contributed by atoms with Crippen LogP contribution in [0, 0.1) is 13.8 Å². The molecule has 3 N–H and O–H groups in total. The second-order valence-corrected chi connectivity index (χ2v) is 5.76. The van der Waals surface area contributed by atoms with E-state index in [9.17, 15) is 9.59 Å². The molecule has 1 aromatic heterocycles. The highest BCUT2D eigenvalue weighted by Gasteiger charge is 2.19. The molecule has 0 aliphatic heterocycles. The van der Waals surface area contributed by atoms with Gasteiger partial charge in [-0.25, -0.2) is 9.59 Å². The summed E-state index contributed by atoms with van der Waals surface area (Å²) in [6.07, 6.45) is 2.29. The molecular formula is C13H22N4O3S. The number of urea groups is 1. The Balaban J connectivity index is 2.54. The Morgan fingerprint density at radius 3 is 2.57 bits per heavy atom. The lowest BCUT2D eigenvalue weighted by Crippen LogP contribution is -2.46. The van der Waals surface area contributed by atoms with Crippen molar-refractivity contribution in [2.45, 2.75) is 32.9 Å². The van der Waals surface area contributed by atoms with E-state index in [1.165, 1.54) is 0 Å². The summed E-state index contributed by atoms with van der Waals surface area (Å²) in [7, 11) is 1.84. The molecule has 0 unspecified atom stereocenters. The minimum absolute atomic E-state index is 0.326. The summed E-state index contributed by atoms with van der Waals surface area (Å²) in [6.45, 7) is 4.13. The van der Waals surface area contributed by atoms with Crippen LogP contribution < -0.4 is 10.6 Å². The largest absolute Gasteiger partial charge is 0.480 e. The number of aliphatic carboxylic acids is 1. The van der Waals surface area contributed by atoms with Gasteiger partial charge in [0.25, 0.3) is 0 Å². The molecule has 0 fully saturated rings. The highest BCUT2D eigenvalue weighted by molar-refractivity contribution is 7.98. The molecule has 1 atom stereocenters. The van der Waals surface area contributed by atoms with Gasteiger partial charge in [0.2, 0.25) is 0 Å². The first-order chi connectivity index (χ1) is 9.86. The van der Waals surface area contributed by atoms with Crippen molar-refractivity contribution in [3.63, 3.8) is 0 Å². The van der Waals surface area contributed by atoms with Gasteiger partial charge in [-0.3, -0.25) is 4.68 Å². The monoisotopic (exact) mass is 314 g/mol. The highest BCUT2D eigenvalue weighted by atomic mass is 32.2. The first kappa shape index (κ1) is 17.4. The van der Waals surface area contributed by atoms with Crippen molar-refractivity contribution in [2.24, 2.45) is 7.05 Å². The van der Waals surface area contributed by atoms with Gasteiger partial charge in [0.1, 0.15) is 6.04 Å². The SMILES string of the molecule is CSCC[C@H](NC(=O)NCc1c(C)nn(C)c1C)C(=O)O. The van der Waals surface area contributed by atoms with Crippen molar-refractivity contribution in [1.29, 1.82) is 0 Å². The first-order valence-electron chi connectivity index (χ1n) is 6.62. The molecule has 1 rings (SSSR count). The summed E-state index contributed by atoms with van der Waals surface area (Å²) < 4.78 is 1.75. The Bertz CT molecular complexity index is 516. The topological polar surface area (TPSA) is 96.3 Å². The number of amides is 2. The number of carbonyl (C=O) groups is 2. The number of nitrogens with zero attached hydrogens (tertiary/aromatic N) is 2. The maximum Gasteiger partial charge on any atom is 0.326 e. The van der Waals surface area contributed by atoms with Gasteiger partial charge in [-0.05, 0) is 32.3 Å². The Kier molecular flexibility index (Phi) is 6.54. The van der Waals surface area contributed by atoms with Gasteiger partial charge < -0.3 is 15.7 Å². The number of carboxylic acid groups (broad SMARTS) is 1. The summed E-state index contributed by atoms with van der Waals surface area (Å²) in [6, 6.07) is -1.35. The maximum atomic E-state index is 11.8. The number of aryl methyl sites for hydroxylation is 2. The van der Waals surface area contributed by atoms with Crippen LogP contribution in [0.2, 0.25) is 0 Å². The molecule has 2 amide bonds. The quantitative estimate of drug-likeness (QED) is 0.699. The third-order valence-corrected chi connectivity index (χ3v) is 3.94. The van der Waals surface area contributed by atoms with Crippen LogP contribution in [0.4, 0.5) is 4.79 Å². The molecule has 7 nitrogen and oxygen atoms in total. The van der Waals surface area contributed by atoms with Crippen LogP contribution in [0.1, 0.15) is 23.4 Å². The zero-order valence-corrected chi connectivity index (χ0v) is 13.6. The average Bonchev–Trinajstić information content (AvgIpc) is 2.66. The van der Waals surface area contributed by atoms with Gasteiger partial charge in [-0.2, -0.15) is 16.9 Å². The summed E-state index contributed by atoms with van der Waals surface area (Å²) >= 11 is 1.55. The number of hydrogen-bond acceptors (Lipinski definition) is 4. The summed E-state index contributed by atoms with van der Waals surface area (Å²) in [4.78, 5) is 22.9. The smallest absolute Gasteiger partial charge is 0.326 e. The van der Waals surface area contributed by atoms with Gasteiger partial charge in [0, 0.05) is 24.8 Å². The fourth-order valence-corrected chi connectivity index (χ4v) is 2.42. The summed E-state index contributed by atoms with van der Waals surface area (Å²) in [5.41, 5.74) is 2.78. The Morgan fingerprint density at radius 1 is 1.43 bits per heavy atom. The lowest BCUT2D eigenvalue weighted by atomic mass is 10.2. The van der Waals surface area contributed by atoms with Crippen LogP contribution in [0.25, 0.3) is 0 Å². The number of thioether (sulfide) groups is 1. The first-order valence-corrected chi connectivity index (χ1v) is 8.01. The average molecular weight is 314 g/mol. The number of carboxylic acids is 1. The molecule has 8 heteroatoms. The number of carbonyl (C=O) groups excluding carboxylic acids is 1. The van der Waals surface area contributed by atoms with Gasteiger partial charge in [0.15, 0.2) is 0 Å². The van der Waals surface area contributed by atoms with Gasteiger partial charge >= 0.3 is 12.0 Å². The Morgan fingerprint density at radius 2 is 2.10 bits per heavy atom. The lowest BCUT2D eigenvalue weighted by molar-refractivity contribution is -0.139. The molecule has 0 bridgehead atoms. The van der Waals surface area contributed by atoms with Crippen molar-refractivity contribution < 1.29 is 14.7 Å². The molecule has 21 heavy (non-hydrogen) atoms. The zero-order chi connectivity index (χ0) is 16.0. The van der Waals surface area contributed by atoms with E-state index < -0.39 is 18.0 Å². The summed E-state index contributed by atoms with van der Waals surface area (Å²) in [5.74, 6) is -0.342. The molecule has 118 valence electrons. The van der Waals surface area contributed by atoms with E-state index in [4.69, 9.17) is 5.11 Å². The normalized spacial score (nSPS) is 12.0. The predicted octanol–water partition coefficient (Wildman–Crippen LogP) is 1.04. The molecule has 0 aromatic carbocycles. The Labute approximate surface area is 128 Å². The molecule has 0 aliphatic rings.